The lowest BCUT2D eigenvalue weighted by atomic mass is 10.2. The molecule has 0 atom stereocenters. The molecule has 1 aromatic carbocycles. The number of carbonyl (C=O) groups is 1. The van der Waals surface area contributed by atoms with Gasteiger partial charge in [0.2, 0.25) is 6.08 Å². The summed E-state index contributed by atoms with van der Waals surface area (Å²) in [6.07, 6.45) is 0.789. The van der Waals surface area contributed by atoms with Gasteiger partial charge in [-0.05, 0) is 32.9 Å². The summed E-state index contributed by atoms with van der Waals surface area (Å²) in [7, 11) is 1.50. The van der Waals surface area contributed by atoms with Crippen LogP contribution in [0.3, 0.4) is 0 Å². The number of isocyanates is 1. The van der Waals surface area contributed by atoms with Gasteiger partial charge in [0.25, 0.3) is 0 Å². The second kappa shape index (κ2) is 6.02. The van der Waals surface area contributed by atoms with Gasteiger partial charge >= 0.3 is 6.09 Å². The largest absolute Gasteiger partial charge is 0.497 e. The van der Waals surface area contributed by atoms with Crippen molar-refractivity contribution < 1.29 is 19.1 Å². The van der Waals surface area contributed by atoms with E-state index in [9.17, 15) is 9.59 Å². The number of hydrogen-bond donors (Lipinski definition) is 1. The lowest BCUT2D eigenvalue weighted by Crippen LogP contribution is -2.27. The minimum absolute atomic E-state index is 0.279. The fourth-order valence-electron chi connectivity index (χ4n) is 1.30. The number of hydrogen-bond acceptors (Lipinski definition) is 5. The number of methoxy groups -OCH3 is 1. The third-order valence-corrected chi connectivity index (χ3v) is 2.01. The molecular weight excluding hydrogens is 248 g/mol. The van der Waals surface area contributed by atoms with Crippen molar-refractivity contribution in [2.75, 3.05) is 12.4 Å². The average molecular weight is 264 g/mol. The van der Waals surface area contributed by atoms with Crippen LogP contribution < -0.4 is 10.1 Å². The van der Waals surface area contributed by atoms with Crippen molar-refractivity contribution in [2.45, 2.75) is 26.4 Å². The summed E-state index contributed by atoms with van der Waals surface area (Å²) in [6.45, 7) is 5.26. The van der Waals surface area contributed by atoms with Crippen LogP contribution in [0.2, 0.25) is 0 Å². The molecule has 0 aliphatic rings. The molecule has 0 aliphatic carbocycles. The van der Waals surface area contributed by atoms with Gasteiger partial charge in [-0.1, -0.05) is 0 Å². The van der Waals surface area contributed by atoms with E-state index in [4.69, 9.17) is 9.47 Å². The quantitative estimate of drug-likeness (QED) is 0.672. The molecule has 6 nitrogen and oxygen atoms in total. The smallest absolute Gasteiger partial charge is 0.412 e. The average Bonchev–Trinajstić information content (AvgIpc) is 2.29. The molecule has 1 N–H and O–H groups in total. The Hall–Kier alpha value is -2.33. The number of rotatable bonds is 3. The molecule has 102 valence electrons. The number of aliphatic imine (C=N–C) groups is 1. The van der Waals surface area contributed by atoms with Gasteiger partial charge in [-0.2, -0.15) is 4.99 Å². The van der Waals surface area contributed by atoms with Crippen LogP contribution in [0.25, 0.3) is 0 Å². The lowest BCUT2D eigenvalue weighted by Gasteiger charge is -2.20. The molecule has 1 aromatic rings. The van der Waals surface area contributed by atoms with Gasteiger partial charge in [-0.3, -0.25) is 5.32 Å². The zero-order valence-electron chi connectivity index (χ0n) is 11.3. The maximum Gasteiger partial charge on any atom is 0.412 e. The SMILES string of the molecule is COc1ccc(N=C=O)c(NC(=O)OC(C)(C)C)c1. The van der Waals surface area contributed by atoms with E-state index in [1.807, 2.05) is 0 Å². The van der Waals surface area contributed by atoms with Crippen molar-refractivity contribution in [3.05, 3.63) is 18.2 Å². The molecule has 0 bridgehead atoms. The van der Waals surface area contributed by atoms with Gasteiger partial charge in [-0.25, -0.2) is 9.59 Å². The topological polar surface area (TPSA) is 77.0 Å². The molecule has 0 aliphatic heterocycles. The highest BCUT2D eigenvalue weighted by Gasteiger charge is 2.17. The molecule has 6 heteroatoms. The zero-order valence-corrected chi connectivity index (χ0v) is 11.3. The first kappa shape index (κ1) is 14.7. The first-order valence-electron chi connectivity index (χ1n) is 5.61. The van der Waals surface area contributed by atoms with E-state index >= 15 is 0 Å². The second-order valence-electron chi connectivity index (χ2n) is 4.71. The van der Waals surface area contributed by atoms with E-state index in [-0.39, 0.29) is 5.69 Å². The van der Waals surface area contributed by atoms with Gasteiger partial charge in [0.05, 0.1) is 12.8 Å². The van der Waals surface area contributed by atoms with Gasteiger partial charge in [-0.15, -0.1) is 0 Å². The Bertz CT molecular complexity index is 514. The van der Waals surface area contributed by atoms with Crippen molar-refractivity contribution in [2.24, 2.45) is 4.99 Å². The molecule has 0 fully saturated rings. The van der Waals surface area contributed by atoms with Crippen LogP contribution in [0.5, 0.6) is 5.75 Å². The number of benzene rings is 1. The van der Waals surface area contributed by atoms with E-state index in [1.54, 1.807) is 32.9 Å². The van der Waals surface area contributed by atoms with E-state index in [2.05, 4.69) is 10.3 Å². The summed E-state index contributed by atoms with van der Waals surface area (Å²) in [5.74, 6) is 0.524. The Balaban J connectivity index is 2.97. The van der Waals surface area contributed by atoms with Crippen molar-refractivity contribution in [1.82, 2.24) is 0 Å². The third-order valence-electron chi connectivity index (χ3n) is 2.01. The van der Waals surface area contributed by atoms with Crippen molar-refractivity contribution >= 4 is 23.5 Å². The minimum atomic E-state index is -0.636. The van der Waals surface area contributed by atoms with Gasteiger partial charge in [0.1, 0.15) is 17.0 Å². The Kier molecular flexibility index (Phi) is 4.67. The second-order valence-corrected chi connectivity index (χ2v) is 4.71. The summed E-state index contributed by atoms with van der Waals surface area (Å²) in [5, 5.41) is 2.51. The molecule has 19 heavy (non-hydrogen) atoms. The van der Waals surface area contributed by atoms with E-state index in [0.29, 0.717) is 11.4 Å². The van der Waals surface area contributed by atoms with Crippen LogP contribution in [-0.4, -0.2) is 24.9 Å². The Morgan fingerprint density at radius 3 is 2.58 bits per heavy atom. The summed E-state index contributed by atoms with van der Waals surface area (Å²) < 4.78 is 10.2. The Morgan fingerprint density at radius 2 is 2.05 bits per heavy atom. The Morgan fingerprint density at radius 1 is 1.37 bits per heavy atom. The fraction of sp³-hybridized carbons (Fsp3) is 0.385. The first-order chi connectivity index (χ1) is 8.85. The molecule has 0 radical (unpaired) electrons. The summed E-state index contributed by atoms with van der Waals surface area (Å²) in [6, 6.07) is 4.70. The van der Waals surface area contributed by atoms with Crippen LogP contribution in [0.4, 0.5) is 16.2 Å². The maximum atomic E-state index is 11.7. The molecule has 0 unspecified atom stereocenters. The van der Waals surface area contributed by atoms with Crippen LogP contribution in [0.15, 0.2) is 23.2 Å². The van der Waals surface area contributed by atoms with Crippen LogP contribution >= 0.6 is 0 Å². The molecular formula is C13H16N2O4. The number of anilines is 1. The highest BCUT2D eigenvalue weighted by Crippen LogP contribution is 2.29. The number of ether oxygens (including phenoxy) is 2. The van der Waals surface area contributed by atoms with Crippen LogP contribution in [-0.2, 0) is 9.53 Å². The van der Waals surface area contributed by atoms with E-state index in [0.717, 1.165) is 0 Å². The fourth-order valence-corrected chi connectivity index (χ4v) is 1.30. The molecule has 1 amide bonds. The van der Waals surface area contributed by atoms with Crippen molar-refractivity contribution in [3.8, 4) is 5.75 Å². The first-order valence-corrected chi connectivity index (χ1v) is 5.61. The van der Waals surface area contributed by atoms with Gasteiger partial charge < -0.3 is 9.47 Å². The van der Waals surface area contributed by atoms with Crippen LogP contribution in [0, 0.1) is 0 Å². The zero-order chi connectivity index (χ0) is 14.5. The summed E-state index contributed by atoms with van der Waals surface area (Å²) in [4.78, 5) is 25.5. The predicted octanol–water partition coefficient (Wildman–Crippen LogP) is 3.01. The van der Waals surface area contributed by atoms with Gasteiger partial charge in [0, 0.05) is 6.07 Å². The maximum absolute atomic E-state index is 11.7. The predicted molar refractivity (Wildman–Crippen MR) is 70.6 cm³/mol. The third kappa shape index (κ3) is 4.81. The molecule has 0 saturated carbocycles. The van der Waals surface area contributed by atoms with E-state index in [1.165, 1.54) is 19.3 Å². The summed E-state index contributed by atoms with van der Waals surface area (Å²) >= 11 is 0. The summed E-state index contributed by atoms with van der Waals surface area (Å²) in [5.41, 5.74) is -0.0181. The number of carbonyl (C=O) groups excluding carboxylic acids is 2. The normalized spacial score (nSPS) is 10.3. The highest BCUT2D eigenvalue weighted by molar-refractivity contribution is 5.89. The van der Waals surface area contributed by atoms with E-state index < -0.39 is 11.7 Å². The minimum Gasteiger partial charge on any atom is -0.497 e. The monoisotopic (exact) mass is 264 g/mol. The molecule has 0 spiro atoms. The van der Waals surface area contributed by atoms with Crippen molar-refractivity contribution in [3.63, 3.8) is 0 Å². The highest BCUT2D eigenvalue weighted by atomic mass is 16.6. The molecule has 0 aromatic heterocycles. The molecule has 0 saturated heterocycles. The van der Waals surface area contributed by atoms with Crippen LogP contribution in [0.1, 0.15) is 20.8 Å². The number of nitrogens with zero attached hydrogens (tertiary/aromatic N) is 1. The molecule has 1 rings (SSSR count). The van der Waals surface area contributed by atoms with Crippen molar-refractivity contribution in [1.29, 1.82) is 0 Å². The number of amides is 1. The molecule has 0 heterocycles. The lowest BCUT2D eigenvalue weighted by molar-refractivity contribution is 0.0636. The standard InChI is InChI=1S/C13H16N2O4/c1-13(2,3)19-12(17)15-11-7-9(18-4)5-6-10(11)14-8-16/h5-7H,1-4H3,(H,15,17). The number of nitrogens with one attached hydrogen (secondary N) is 1. The van der Waals surface area contributed by atoms with Gasteiger partial charge in [0.15, 0.2) is 0 Å². The Labute approximate surface area is 111 Å².